The number of aliphatic carboxylic acids is 1. The Hall–Kier alpha value is -2.44. The number of hydrogen-bond donors (Lipinski definition) is 2. The number of nitro benzene ring substituents is 1. The van der Waals surface area contributed by atoms with Gasteiger partial charge >= 0.3 is 5.97 Å². The lowest BCUT2D eigenvalue weighted by Crippen LogP contribution is -2.56. The molecule has 0 saturated heterocycles. The van der Waals surface area contributed by atoms with Gasteiger partial charge in [0.1, 0.15) is 6.04 Å². The van der Waals surface area contributed by atoms with Gasteiger partial charge in [0, 0.05) is 23.5 Å². The molecule has 4 bridgehead atoms. The number of carbonyl (C=O) groups is 2. The van der Waals surface area contributed by atoms with Gasteiger partial charge in [0.2, 0.25) is 5.91 Å². The maximum absolute atomic E-state index is 13.1. The second kappa shape index (κ2) is 6.62. The highest BCUT2D eigenvalue weighted by Gasteiger charge is 2.55. The zero-order valence-electron chi connectivity index (χ0n) is 15.1. The molecule has 4 aliphatic rings. The Labute approximate surface area is 157 Å². The van der Waals surface area contributed by atoms with Gasteiger partial charge in [-0.2, -0.15) is 0 Å². The van der Waals surface area contributed by atoms with Crippen LogP contribution in [0.5, 0.6) is 0 Å². The van der Waals surface area contributed by atoms with Crippen LogP contribution in [-0.2, 0) is 16.0 Å². The topological polar surface area (TPSA) is 110 Å². The molecule has 5 rings (SSSR count). The third kappa shape index (κ3) is 3.31. The summed E-state index contributed by atoms with van der Waals surface area (Å²) in [4.78, 5) is 35.6. The molecule has 2 N–H and O–H groups in total. The first kappa shape index (κ1) is 17.9. The van der Waals surface area contributed by atoms with Crippen molar-refractivity contribution < 1.29 is 19.6 Å². The number of carboxylic acids is 1. The fourth-order valence-corrected chi connectivity index (χ4v) is 5.98. The lowest BCUT2D eigenvalue weighted by molar-refractivity contribution is -0.385. The fraction of sp³-hybridized carbons (Fsp3) is 0.600. The predicted molar refractivity (Wildman–Crippen MR) is 97.0 cm³/mol. The molecule has 4 saturated carbocycles. The van der Waals surface area contributed by atoms with E-state index in [4.69, 9.17) is 0 Å². The Morgan fingerprint density at radius 3 is 2.22 bits per heavy atom. The monoisotopic (exact) mass is 372 g/mol. The Morgan fingerprint density at radius 2 is 1.70 bits per heavy atom. The SMILES string of the molecule is O=C(O)[C@@H](Cc1ccccc1[N+](=O)[O-])NC(=O)C12CC3CC(CC(C3)C1)C2. The maximum atomic E-state index is 13.1. The van der Waals surface area contributed by atoms with Gasteiger partial charge in [0.15, 0.2) is 0 Å². The average Bonchev–Trinajstić information content (AvgIpc) is 2.60. The van der Waals surface area contributed by atoms with E-state index in [1.807, 2.05) is 0 Å². The number of nitro groups is 1. The molecule has 0 aromatic heterocycles. The van der Waals surface area contributed by atoms with Gasteiger partial charge in [0.25, 0.3) is 5.69 Å². The van der Waals surface area contributed by atoms with E-state index >= 15 is 0 Å². The normalized spacial score (nSPS) is 32.1. The summed E-state index contributed by atoms with van der Waals surface area (Å²) >= 11 is 0. The highest BCUT2D eigenvalue weighted by molar-refractivity contribution is 5.88. The highest BCUT2D eigenvalue weighted by atomic mass is 16.6. The van der Waals surface area contributed by atoms with Crippen LogP contribution >= 0.6 is 0 Å². The van der Waals surface area contributed by atoms with E-state index in [2.05, 4.69) is 5.32 Å². The van der Waals surface area contributed by atoms with Crippen LogP contribution in [0.25, 0.3) is 0 Å². The summed E-state index contributed by atoms with van der Waals surface area (Å²) in [6, 6.07) is 4.93. The molecule has 7 heteroatoms. The van der Waals surface area contributed by atoms with E-state index in [1.165, 1.54) is 25.3 Å². The summed E-state index contributed by atoms with van der Waals surface area (Å²) in [5.74, 6) is 0.417. The zero-order valence-corrected chi connectivity index (χ0v) is 15.1. The van der Waals surface area contributed by atoms with Crippen LogP contribution in [0.1, 0.15) is 44.1 Å². The predicted octanol–water partition coefficient (Wildman–Crippen LogP) is 2.92. The van der Waals surface area contributed by atoms with E-state index in [9.17, 15) is 24.8 Å². The zero-order chi connectivity index (χ0) is 19.2. The Kier molecular flexibility index (Phi) is 4.40. The van der Waals surface area contributed by atoms with Crippen LogP contribution in [0.2, 0.25) is 0 Å². The van der Waals surface area contributed by atoms with Crippen molar-refractivity contribution in [3.8, 4) is 0 Å². The number of nitrogens with one attached hydrogen (secondary N) is 1. The smallest absolute Gasteiger partial charge is 0.326 e. The maximum Gasteiger partial charge on any atom is 0.326 e. The number of carboxylic acid groups (broad SMARTS) is 1. The first-order chi connectivity index (χ1) is 12.9. The first-order valence-electron chi connectivity index (χ1n) is 9.62. The van der Waals surface area contributed by atoms with E-state index in [-0.39, 0.29) is 18.0 Å². The van der Waals surface area contributed by atoms with Crippen LogP contribution in [0, 0.1) is 33.3 Å². The second-order valence-electron chi connectivity index (χ2n) is 8.65. The molecule has 144 valence electrons. The van der Waals surface area contributed by atoms with Gasteiger partial charge in [-0.3, -0.25) is 14.9 Å². The molecule has 4 fully saturated rings. The van der Waals surface area contributed by atoms with Crippen molar-refractivity contribution in [2.75, 3.05) is 0 Å². The molecule has 27 heavy (non-hydrogen) atoms. The highest BCUT2D eigenvalue weighted by Crippen LogP contribution is 2.60. The van der Waals surface area contributed by atoms with Gasteiger partial charge < -0.3 is 10.4 Å². The Balaban J connectivity index is 1.52. The van der Waals surface area contributed by atoms with Crippen molar-refractivity contribution in [3.05, 3.63) is 39.9 Å². The van der Waals surface area contributed by atoms with Crippen molar-refractivity contribution >= 4 is 17.6 Å². The van der Waals surface area contributed by atoms with Crippen LogP contribution in [0.15, 0.2) is 24.3 Å². The van der Waals surface area contributed by atoms with Crippen molar-refractivity contribution in [2.24, 2.45) is 23.2 Å². The third-order valence-electron chi connectivity index (χ3n) is 6.74. The lowest BCUT2D eigenvalue weighted by Gasteiger charge is -2.55. The summed E-state index contributed by atoms with van der Waals surface area (Å²) in [6.07, 6.45) is 6.06. The Morgan fingerprint density at radius 1 is 1.15 bits per heavy atom. The standard InChI is InChI=1S/C20H24N2O5/c23-18(24)16(8-15-3-1-2-4-17(15)22(26)27)21-19(25)20-9-12-5-13(10-20)7-14(6-12)11-20/h1-4,12-14,16H,5-11H2,(H,21,25)(H,23,24)/t12?,13?,14?,16-,20?/m1/s1. The van der Waals surface area contributed by atoms with Gasteiger partial charge in [0.05, 0.1) is 4.92 Å². The van der Waals surface area contributed by atoms with Gasteiger partial charge in [-0.05, 0) is 56.3 Å². The van der Waals surface area contributed by atoms with Crippen LogP contribution in [0.3, 0.4) is 0 Å². The minimum absolute atomic E-state index is 0.0927. The molecule has 0 radical (unpaired) electrons. The summed E-state index contributed by atoms with van der Waals surface area (Å²) < 4.78 is 0. The van der Waals surface area contributed by atoms with Crippen LogP contribution in [0.4, 0.5) is 5.69 Å². The average molecular weight is 372 g/mol. The first-order valence-corrected chi connectivity index (χ1v) is 9.62. The number of hydrogen-bond acceptors (Lipinski definition) is 4. The molecular weight excluding hydrogens is 348 g/mol. The van der Waals surface area contributed by atoms with E-state index in [1.54, 1.807) is 18.2 Å². The number of carbonyl (C=O) groups excluding carboxylic acids is 1. The third-order valence-corrected chi connectivity index (χ3v) is 6.74. The van der Waals surface area contributed by atoms with Crippen molar-refractivity contribution in [1.29, 1.82) is 0 Å². The fourth-order valence-electron chi connectivity index (χ4n) is 5.98. The molecular formula is C20H24N2O5. The molecule has 7 nitrogen and oxygen atoms in total. The minimum Gasteiger partial charge on any atom is -0.480 e. The molecule has 1 atom stereocenters. The van der Waals surface area contributed by atoms with E-state index in [0.29, 0.717) is 23.3 Å². The van der Waals surface area contributed by atoms with E-state index in [0.717, 1.165) is 19.3 Å². The molecule has 1 aromatic carbocycles. The van der Waals surface area contributed by atoms with Crippen LogP contribution < -0.4 is 5.32 Å². The molecule has 4 aliphatic carbocycles. The summed E-state index contributed by atoms with van der Waals surface area (Å²) in [6.45, 7) is 0. The molecule has 1 aromatic rings. The Bertz CT molecular complexity index is 755. The number of para-hydroxylation sites is 1. The van der Waals surface area contributed by atoms with Gasteiger partial charge in [-0.1, -0.05) is 18.2 Å². The van der Waals surface area contributed by atoms with Gasteiger partial charge in [-0.25, -0.2) is 4.79 Å². The summed E-state index contributed by atoms with van der Waals surface area (Å²) in [5, 5.41) is 23.5. The van der Waals surface area contributed by atoms with Crippen molar-refractivity contribution in [3.63, 3.8) is 0 Å². The second-order valence-corrected chi connectivity index (χ2v) is 8.65. The van der Waals surface area contributed by atoms with Crippen LogP contribution in [-0.4, -0.2) is 27.9 Å². The number of nitrogens with zero attached hydrogens (tertiary/aromatic N) is 1. The largest absolute Gasteiger partial charge is 0.480 e. The number of rotatable bonds is 6. The molecule has 1 amide bonds. The summed E-state index contributed by atoms with van der Waals surface area (Å²) in [7, 11) is 0. The van der Waals surface area contributed by atoms with E-state index < -0.39 is 22.3 Å². The number of benzene rings is 1. The lowest BCUT2D eigenvalue weighted by atomic mass is 9.49. The molecule has 0 unspecified atom stereocenters. The molecule has 0 heterocycles. The molecule has 0 spiro atoms. The van der Waals surface area contributed by atoms with Gasteiger partial charge in [-0.15, -0.1) is 0 Å². The summed E-state index contributed by atoms with van der Waals surface area (Å²) in [5.41, 5.74) is -0.237. The van der Waals surface area contributed by atoms with Crippen molar-refractivity contribution in [2.45, 2.75) is 51.0 Å². The van der Waals surface area contributed by atoms with Crippen molar-refractivity contribution in [1.82, 2.24) is 5.32 Å². The molecule has 0 aliphatic heterocycles. The number of amides is 1. The minimum atomic E-state index is -1.16. The quantitative estimate of drug-likeness (QED) is 0.589.